The lowest BCUT2D eigenvalue weighted by Gasteiger charge is -2.36. The van der Waals surface area contributed by atoms with E-state index >= 15 is 0 Å². The molecule has 2 aliphatic rings. The van der Waals surface area contributed by atoms with Crippen molar-refractivity contribution in [3.8, 4) is 0 Å². The third kappa shape index (κ3) is 4.52. The molecule has 0 spiro atoms. The van der Waals surface area contributed by atoms with Gasteiger partial charge in [0.05, 0.1) is 0 Å². The van der Waals surface area contributed by atoms with Crippen molar-refractivity contribution >= 4 is 0 Å². The van der Waals surface area contributed by atoms with Gasteiger partial charge >= 0.3 is 0 Å². The van der Waals surface area contributed by atoms with E-state index in [4.69, 9.17) is 0 Å². The van der Waals surface area contributed by atoms with E-state index < -0.39 is 0 Å². The summed E-state index contributed by atoms with van der Waals surface area (Å²) >= 11 is 0. The topological polar surface area (TPSA) is 6.48 Å². The molecule has 2 saturated heterocycles. The maximum Gasteiger partial charge on any atom is 0.0224 e. The number of fused-ring (bicyclic) bond motifs is 1. The first-order chi connectivity index (χ1) is 7.40. The average molecular weight is 214 g/mol. The summed E-state index contributed by atoms with van der Waals surface area (Å²) in [5.41, 5.74) is 0. The molecule has 0 aromatic rings. The molecule has 92 valence electrons. The van der Waals surface area contributed by atoms with Gasteiger partial charge in [-0.15, -0.1) is 0 Å². The van der Waals surface area contributed by atoms with E-state index in [1.54, 1.807) is 0 Å². The summed E-state index contributed by atoms with van der Waals surface area (Å²) in [5.74, 6) is 0. The van der Waals surface area contributed by atoms with E-state index in [1.165, 1.54) is 45.6 Å². The van der Waals surface area contributed by atoms with Gasteiger partial charge in [-0.3, -0.25) is 4.90 Å². The molecule has 0 N–H and O–H groups in total. The summed E-state index contributed by atoms with van der Waals surface area (Å²) in [5, 5.41) is 0. The summed E-state index contributed by atoms with van der Waals surface area (Å²) < 4.78 is 0. The van der Waals surface area contributed by atoms with Crippen LogP contribution in [0.25, 0.3) is 0 Å². The highest BCUT2D eigenvalue weighted by Crippen LogP contribution is 2.20. The van der Waals surface area contributed by atoms with Gasteiger partial charge in [0, 0.05) is 25.7 Å². The number of nitrogens with zero attached hydrogens (tertiary/aromatic N) is 2. The van der Waals surface area contributed by atoms with E-state index in [1.807, 2.05) is 27.7 Å². The maximum absolute atomic E-state index is 2.66. The van der Waals surface area contributed by atoms with Crippen LogP contribution in [0.2, 0.25) is 0 Å². The van der Waals surface area contributed by atoms with E-state index in [-0.39, 0.29) is 0 Å². The third-order valence-electron chi connectivity index (χ3n) is 3.12. The lowest BCUT2D eigenvalue weighted by Crippen LogP contribution is -2.49. The van der Waals surface area contributed by atoms with Crippen molar-refractivity contribution in [3.63, 3.8) is 0 Å². The first kappa shape index (κ1) is 14.9. The fourth-order valence-corrected chi connectivity index (χ4v) is 2.34. The van der Waals surface area contributed by atoms with Crippen LogP contribution < -0.4 is 0 Å². The Morgan fingerprint density at radius 1 is 1.00 bits per heavy atom. The second-order valence-corrected chi connectivity index (χ2v) is 3.73. The van der Waals surface area contributed by atoms with Crippen molar-refractivity contribution < 1.29 is 0 Å². The normalized spacial score (nSPS) is 25.8. The highest BCUT2D eigenvalue weighted by molar-refractivity contribution is 4.86. The van der Waals surface area contributed by atoms with Crippen LogP contribution >= 0.6 is 0 Å². The molecule has 2 aliphatic heterocycles. The van der Waals surface area contributed by atoms with Crippen LogP contribution in [0.1, 0.15) is 47.5 Å². The summed E-state index contributed by atoms with van der Waals surface area (Å²) in [6.45, 7) is 16.8. The molecule has 0 aromatic heterocycles. The molecular weight excluding hydrogens is 184 g/mol. The minimum Gasteiger partial charge on any atom is -0.301 e. The van der Waals surface area contributed by atoms with E-state index in [0.717, 1.165) is 6.04 Å². The van der Waals surface area contributed by atoms with Gasteiger partial charge in [0.15, 0.2) is 0 Å². The second kappa shape index (κ2) is 9.17. The van der Waals surface area contributed by atoms with Gasteiger partial charge in [0.2, 0.25) is 0 Å². The molecule has 15 heavy (non-hydrogen) atoms. The Balaban J connectivity index is 0.000000442. The molecule has 2 heteroatoms. The van der Waals surface area contributed by atoms with Crippen molar-refractivity contribution in [2.24, 2.45) is 0 Å². The van der Waals surface area contributed by atoms with Crippen molar-refractivity contribution in [2.75, 3.05) is 32.7 Å². The zero-order valence-corrected chi connectivity index (χ0v) is 11.4. The van der Waals surface area contributed by atoms with Gasteiger partial charge in [0.1, 0.15) is 0 Å². The molecule has 1 atom stereocenters. The van der Waals surface area contributed by atoms with Crippen LogP contribution in [-0.4, -0.2) is 48.6 Å². The third-order valence-corrected chi connectivity index (χ3v) is 3.12. The minimum absolute atomic E-state index is 0.906. The Bertz CT molecular complexity index is 136. The molecule has 0 aromatic carbocycles. The van der Waals surface area contributed by atoms with Gasteiger partial charge in [-0.25, -0.2) is 0 Å². The van der Waals surface area contributed by atoms with Crippen LogP contribution in [0.15, 0.2) is 0 Å². The number of hydrogen-bond donors (Lipinski definition) is 0. The predicted molar refractivity (Wildman–Crippen MR) is 69.4 cm³/mol. The van der Waals surface area contributed by atoms with Crippen LogP contribution in [-0.2, 0) is 0 Å². The molecule has 1 unspecified atom stereocenters. The van der Waals surface area contributed by atoms with Crippen molar-refractivity contribution in [1.82, 2.24) is 9.80 Å². The highest BCUT2D eigenvalue weighted by atomic mass is 15.3. The number of hydrogen-bond acceptors (Lipinski definition) is 2. The Kier molecular flexibility index (Phi) is 9.12. The van der Waals surface area contributed by atoms with Crippen LogP contribution in [0.4, 0.5) is 0 Å². The zero-order chi connectivity index (χ0) is 11.7. The van der Waals surface area contributed by atoms with Gasteiger partial charge in [0.25, 0.3) is 0 Å². The number of likely N-dealkylation sites (N-methyl/N-ethyl adjacent to an activating group) is 1. The Morgan fingerprint density at radius 2 is 1.67 bits per heavy atom. The molecule has 0 saturated carbocycles. The van der Waals surface area contributed by atoms with Crippen molar-refractivity contribution in [3.05, 3.63) is 0 Å². The first-order valence-corrected chi connectivity index (χ1v) is 6.86. The molecule has 0 bridgehead atoms. The smallest absolute Gasteiger partial charge is 0.0224 e. The Morgan fingerprint density at radius 3 is 2.27 bits per heavy atom. The Labute approximate surface area is 96.6 Å². The minimum atomic E-state index is 0.906. The summed E-state index contributed by atoms with van der Waals surface area (Å²) in [4.78, 5) is 5.23. The molecule has 2 fully saturated rings. The zero-order valence-electron chi connectivity index (χ0n) is 11.4. The number of piperazine rings is 1. The summed E-state index contributed by atoms with van der Waals surface area (Å²) in [7, 11) is 0. The molecule has 0 amide bonds. The quantitative estimate of drug-likeness (QED) is 0.662. The van der Waals surface area contributed by atoms with Crippen molar-refractivity contribution in [2.45, 2.75) is 53.5 Å². The molecule has 2 rings (SSSR count). The predicted octanol–water partition coefficient (Wildman–Crippen LogP) is 2.84. The van der Waals surface area contributed by atoms with Crippen LogP contribution in [0, 0.1) is 0 Å². The Hall–Kier alpha value is -0.0800. The maximum atomic E-state index is 2.66. The van der Waals surface area contributed by atoms with Gasteiger partial charge in [-0.05, 0) is 25.9 Å². The lowest BCUT2D eigenvalue weighted by atomic mass is 10.1. The lowest BCUT2D eigenvalue weighted by molar-refractivity contribution is 0.109. The van der Waals surface area contributed by atoms with E-state index in [9.17, 15) is 0 Å². The van der Waals surface area contributed by atoms with Crippen LogP contribution in [0.3, 0.4) is 0 Å². The first-order valence-electron chi connectivity index (χ1n) is 6.86. The molecule has 2 heterocycles. The standard InChI is InChI=1S/C9H18N2.2C2H6/c1-2-10-6-7-11-5-3-4-9(11)8-10;2*1-2/h9H,2-8H2,1H3;2*1-2H3. The monoisotopic (exact) mass is 214 g/mol. The molecular formula is C13H30N2. The SMILES string of the molecule is CC.CC.CCN1CCN2CCCC2C1. The molecule has 2 nitrogen and oxygen atoms in total. The molecule has 0 radical (unpaired) electrons. The average Bonchev–Trinajstić information content (AvgIpc) is 2.81. The van der Waals surface area contributed by atoms with E-state index in [2.05, 4.69) is 16.7 Å². The highest BCUT2D eigenvalue weighted by Gasteiger charge is 2.29. The summed E-state index contributed by atoms with van der Waals surface area (Å²) in [6, 6.07) is 0.906. The fourth-order valence-electron chi connectivity index (χ4n) is 2.34. The van der Waals surface area contributed by atoms with E-state index in [0.29, 0.717) is 0 Å². The largest absolute Gasteiger partial charge is 0.301 e. The van der Waals surface area contributed by atoms with Gasteiger partial charge in [-0.1, -0.05) is 34.6 Å². The number of rotatable bonds is 1. The molecule has 0 aliphatic carbocycles. The summed E-state index contributed by atoms with van der Waals surface area (Å²) in [6.07, 6.45) is 2.87. The van der Waals surface area contributed by atoms with Crippen LogP contribution in [0.5, 0.6) is 0 Å². The van der Waals surface area contributed by atoms with Crippen molar-refractivity contribution in [1.29, 1.82) is 0 Å². The second-order valence-electron chi connectivity index (χ2n) is 3.73. The fraction of sp³-hybridized carbons (Fsp3) is 1.00. The van der Waals surface area contributed by atoms with Gasteiger partial charge in [-0.2, -0.15) is 0 Å². The van der Waals surface area contributed by atoms with Gasteiger partial charge < -0.3 is 4.90 Å².